The molecule has 0 radical (unpaired) electrons. The van der Waals surface area contributed by atoms with Crippen LogP contribution in [0.3, 0.4) is 0 Å². The lowest BCUT2D eigenvalue weighted by molar-refractivity contribution is -0.114. The summed E-state index contributed by atoms with van der Waals surface area (Å²) < 4.78 is 28.0. The highest BCUT2D eigenvalue weighted by atomic mass is 32.2. The van der Waals surface area contributed by atoms with E-state index < -0.39 is 15.9 Å². The van der Waals surface area contributed by atoms with Crippen LogP contribution in [0, 0.1) is 13.8 Å². The van der Waals surface area contributed by atoms with E-state index in [1.807, 2.05) is 64.1 Å². The fourth-order valence-electron chi connectivity index (χ4n) is 3.30. The molecular formula is C25H28N2O3S. The molecule has 0 saturated carbocycles. The van der Waals surface area contributed by atoms with Crippen molar-refractivity contribution >= 4 is 27.3 Å². The van der Waals surface area contributed by atoms with Gasteiger partial charge in [-0.15, -0.1) is 0 Å². The highest BCUT2D eigenvalue weighted by molar-refractivity contribution is 7.92. The summed E-state index contributed by atoms with van der Waals surface area (Å²) in [6, 6.07) is 21.3. The third kappa shape index (κ3) is 5.33. The number of nitrogens with one attached hydrogen (secondary N) is 1. The summed E-state index contributed by atoms with van der Waals surface area (Å²) in [6.07, 6.45) is 0. The fraction of sp³-hybridized carbons (Fsp3) is 0.240. The minimum atomic E-state index is -3.93. The molecule has 1 amide bonds. The van der Waals surface area contributed by atoms with Crippen molar-refractivity contribution in [1.82, 2.24) is 0 Å². The Bertz CT molecular complexity index is 1150. The Hall–Kier alpha value is -3.12. The predicted octanol–water partition coefficient (Wildman–Crippen LogP) is 5.26. The smallest absolute Gasteiger partial charge is 0.264 e. The van der Waals surface area contributed by atoms with Gasteiger partial charge in [-0.1, -0.05) is 67.4 Å². The van der Waals surface area contributed by atoms with Gasteiger partial charge in [0.15, 0.2) is 0 Å². The molecule has 0 aliphatic carbocycles. The van der Waals surface area contributed by atoms with Gasteiger partial charge in [0, 0.05) is 5.69 Å². The highest BCUT2D eigenvalue weighted by Gasteiger charge is 2.27. The Balaban J connectivity index is 1.95. The number of hydrogen-bond donors (Lipinski definition) is 1. The standard InChI is InChI=1S/C25H28N2O3S/c1-18(2)23-7-5-6-8-24(23)26-25(28)17-27(21-13-9-19(3)10-14-21)31(29,30)22-15-11-20(4)12-16-22/h5-16,18H,17H2,1-4H3,(H,26,28). The van der Waals surface area contributed by atoms with Gasteiger partial charge in [0.2, 0.25) is 5.91 Å². The Morgan fingerprint density at radius 1 is 0.871 bits per heavy atom. The minimum Gasteiger partial charge on any atom is -0.324 e. The predicted molar refractivity (Wildman–Crippen MR) is 126 cm³/mol. The number of carbonyl (C=O) groups excluding carboxylic acids is 1. The summed E-state index contributed by atoms with van der Waals surface area (Å²) in [5, 5.41) is 2.89. The summed E-state index contributed by atoms with van der Waals surface area (Å²) in [5.41, 5.74) is 4.10. The number of para-hydroxylation sites is 1. The van der Waals surface area contributed by atoms with E-state index in [0.717, 1.165) is 21.0 Å². The number of aryl methyl sites for hydroxylation is 2. The molecule has 0 unspecified atom stereocenters. The van der Waals surface area contributed by atoms with Crippen LogP contribution in [0.4, 0.5) is 11.4 Å². The van der Waals surface area contributed by atoms with E-state index in [2.05, 4.69) is 5.32 Å². The van der Waals surface area contributed by atoms with E-state index in [0.29, 0.717) is 11.4 Å². The van der Waals surface area contributed by atoms with Crippen LogP contribution in [-0.4, -0.2) is 20.9 Å². The van der Waals surface area contributed by atoms with Gasteiger partial charge in [0.25, 0.3) is 10.0 Å². The summed E-state index contributed by atoms with van der Waals surface area (Å²) in [7, 11) is -3.93. The Morgan fingerprint density at radius 3 is 2.00 bits per heavy atom. The van der Waals surface area contributed by atoms with E-state index in [1.54, 1.807) is 36.4 Å². The molecule has 0 aliphatic heterocycles. The van der Waals surface area contributed by atoms with Crippen molar-refractivity contribution in [3.63, 3.8) is 0 Å². The van der Waals surface area contributed by atoms with Crippen LogP contribution in [0.25, 0.3) is 0 Å². The van der Waals surface area contributed by atoms with Crippen molar-refractivity contribution in [2.45, 2.75) is 38.5 Å². The molecule has 0 fully saturated rings. The van der Waals surface area contributed by atoms with Crippen molar-refractivity contribution in [3.05, 3.63) is 89.5 Å². The maximum atomic E-state index is 13.4. The average molecular weight is 437 g/mol. The molecular weight excluding hydrogens is 408 g/mol. The zero-order chi connectivity index (χ0) is 22.6. The normalized spacial score (nSPS) is 11.4. The second-order valence-electron chi connectivity index (χ2n) is 7.95. The van der Waals surface area contributed by atoms with E-state index >= 15 is 0 Å². The molecule has 0 spiro atoms. The lowest BCUT2D eigenvalue weighted by atomic mass is 10.0. The number of carbonyl (C=O) groups is 1. The molecule has 0 heterocycles. The summed E-state index contributed by atoms with van der Waals surface area (Å²) >= 11 is 0. The van der Waals surface area contributed by atoms with E-state index in [1.165, 1.54) is 0 Å². The van der Waals surface area contributed by atoms with E-state index in [4.69, 9.17) is 0 Å². The van der Waals surface area contributed by atoms with Gasteiger partial charge in [-0.3, -0.25) is 9.10 Å². The maximum Gasteiger partial charge on any atom is 0.264 e. The molecule has 0 atom stereocenters. The van der Waals surface area contributed by atoms with Crippen molar-refractivity contribution < 1.29 is 13.2 Å². The third-order valence-electron chi connectivity index (χ3n) is 5.08. The first-order chi connectivity index (χ1) is 14.7. The number of anilines is 2. The van der Waals surface area contributed by atoms with Gasteiger partial charge in [0.05, 0.1) is 10.6 Å². The highest BCUT2D eigenvalue weighted by Crippen LogP contribution is 2.26. The van der Waals surface area contributed by atoms with Crippen LogP contribution in [0.1, 0.15) is 36.5 Å². The fourth-order valence-corrected chi connectivity index (χ4v) is 4.72. The largest absolute Gasteiger partial charge is 0.324 e. The molecule has 0 aromatic heterocycles. The topological polar surface area (TPSA) is 66.5 Å². The van der Waals surface area contributed by atoms with Crippen LogP contribution in [0.15, 0.2) is 77.7 Å². The van der Waals surface area contributed by atoms with E-state index in [9.17, 15) is 13.2 Å². The summed E-state index contributed by atoms with van der Waals surface area (Å²) in [6.45, 7) is 7.59. The number of amides is 1. The van der Waals surface area contributed by atoms with Crippen LogP contribution in [-0.2, 0) is 14.8 Å². The van der Waals surface area contributed by atoms with Gasteiger partial charge in [-0.25, -0.2) is 8.42 Å². The quantitative estimate of drug-likeness (QED) is 0.549. The van der Waals surface area contributed by atoms with Gasteiger partial charge < -0.3 is 5.32 Å². The molecule has 3 rings (SSSR count). The van der Waals surface area contributed by atoms with Crippen LogP contribution < -0.4 is 9.62 Å². The monoisotopic (exact) mass is 436 g/mol. The second-order valence-corrected chi connectivity index (χ2v) is 9.81. The number of sulfonamides is 1. The lowest BCUT2D eigenvalue weighted by Crippen LogP contribution is -2.38. The minimum absolute atomic E-state index is 0.147. The van der Waals surface area contributed by atoms with Crippen molar-refractivity contribution in [1.29, 1.82) is 0 Å². The average Bonchev–Trinajstić information content (AvgIpc) is 2.73. The molecule has 0 bridgehead atoms. The molecule has 0 saturated heterocycles. The van der Waals surface area contributed by atoms with Crippen molar-refractivity contribution in [2.75, 3.05) is 16.2 Å². The van der Waals surface area contributed by atoms with Crippen LogP contribution >= 0.6 is 0 Å². The van der Waals surface area contributed by atoms with Crippen molar-refractivity contribution in [3.8, 4) is 0 Å². The number of hydrogen-bond acceptors (Lipinski definition) is 3. The molecule has 3 aromatic carbocycles. The number of rotatable bonds is 7. The van der Waals surface area contributed by atoms with Crippen molar-refractivity contribution in [2.24, 2.45) is 0 Å². The van der Waals surface area contributed by atoms with Gasteiger partial charge in [-0.05, 0) is 55.7 Å². The SMILES string of the molecule is Cc1ccc(N(CC(=O)Nc2ccccc2C(C)C)S(=O)(=O)c2ccc(C)cc2)cc1. The summed E-state index contributed by atoms with van der Waals surface area (Å²) in [5.74, 6) is -0.176. The first kappa shape index (κ1) is 22.6. The zero-order valence-corrected chi connectivity index (χ0v) is 19.1. The number of benzene rings is 3. The molecule has 0 aliphatic rings. The molecule has 3 aromatic rings. The zero-order valence-electron chi connectivity index (χ0n) is 18.3. The molecule has 1 N–H and O–H groups in total. The molecule has 6 heteroatoms. The van der Waals surface area contributed by atoms with Crippen LogP contribution in [0.2, 0.25) is 0 Å². The van der Waals surface area contributed by atoms with Gasteiger partial charge in [-0.2, -0.15) is 0 Å². The molecule has 162 valence electrons. The van der Waals surface area contributed by atoms with E-state index in [-0.39, 0.29) is 17.4 Å². The third-order valence-corrected chi connectivity index (χ3v) is 6.86. The molecule has 5 nitrogen and oxygen atoms in total. The Labute approximate surface area is 184 Å². The first-order valence-corrected chi connectivity index (χ1v) is 11.7. The Kier molecular flexibility index (Phi) is 6.81. The Morgan fingerprint density at radius 2 is 1.42 bits per heavy atom. The van der Waals surface area contributed by atoms with Gasteiger partial charge >= 0.3 is 0 Å². The van der Waals surface area contributed by atoms with Crippen LogP contribution in [0.5, 0.6) is 0 Å². The molecule has 31 heavy (non-hydrogen) atoms. The lowest BCUT2D eigenvalue weighted by Gasteiger charge is -2.25. The maximum absolute atomic E-state index is 13.4. The number of nitrogens with zero attached hydrogens (tertiary/aromatic N) is 1. The first-order valence-electron chi connectivity index (χ1n) is 10.2. The summed E-state index contributed by atoms with van der Waals surface area (Å²) in [4.78, 5) is 13.1. The second kappa shape index (κ2) is 9.35. The van der Waals surface area contributed by atoms with Gasteiger partial charge in [0.1, 0.15) is 6.54 Å².